The zero-order chi connectivity index (χ0) is 32.5. The smallest absolute Gasteiger partial charge is 0.475 e. The van der Waals surface area contributed by atoms with Gasteiger partial charge in [0.15, 0.2) is 5.13 Å². The standard InChI is InChI=1S/C16H26N4S.3C2HF3O2/c1-18-8-4-15-13(11-18)10-14(12-19-6-2-3-7-19)20(15)16-17-5-9-21-16;3*3-2(4,5)1(6)7/h5,9,13-15H,2-4,6-8,10-12H2,1H3;3*(H,6,7)/t13-,14+,15+;;;/m1.../s1. The Labute approximate surface area is 237 Å². The largest absolute Gasteiger partial charge is 0.490 e. The summed E-state index contributed by atoms with van der Waals surface area (Å²) in [5, 5.41) is 24.8. The van der Waals surface area contributed by atoms with Gasteiger partial charge in [0.05, 0.1) is 0 Å². The van der Waals surface area contributed by atoms with Crippen LogP contribution in [0.2, 0.25) is 0 Å². The van der Waals surface area contributed by atoms with E-state index in [0.29, 0.717) is 6.04 Å². The molecular formula is C22H29F9N4O6S. The molecule has 0 unspecified atom stereocenters. The third kappa shape index (κ3) is 12.6. The number of carboxylic acid groups (broad SMARTS) is 3. The van der Waals surface area contributed by atoms with Crippen LogP contribution in [0.5, 0.6) is 0 Å². The van der Waals surface area contributed by atoms with E-state index in [9.17, 15) is 39.5 Å². The number of aliphatic carboxylic acids is 3. The summed E-state index contributed by atoms with van der Waals surface area (Å²) in [4.78, 5) is 39.2. The highest BCUT2D eigenvalue weighted by molar-refractivity contribution is 7.13. The van der Waals surface area contributed by atoms with Crippen molar-refractivity contribution in [3.63, 3.8) is 0 Å². The molecule has 3 saturated heterocycles. The molecule has 242 valence electrons. The molecule has 0 bridgehead atoms. The molecule has 0 saturated carbocycles. The molecule has 3 N–H and O–H groups in total. The molecule has 0 amide bonds. The van der Waals surface area contributed by atoms with Crippen LogP contribution in [0, 0.1) is 5.92 Å². The minimum absolute atomic E-state index is 0.677. The van der Waals surface area contributed by atoms with E-state index in [1.807, 2.05) is 17.5 Å². The van der Waals surface area contributed by atoms with Crippen molar-refractivity contribution in [2.24, 2.45) is 5.92 Å². The van der Waals surface area contributed by atoms with Crippen molar-refractivity contribution in [3.8, 4) is 0 Å². The van der Waals surface area contributed by atoms with E-state index in [0.717, 1.165) is 12.0 Å². The van der Waals surface area contributed by atoms with Gasteiger partial charge >= 0.3 is 36.4 Å². The van der Waals surface area contributed by atoms with Crippen LogP contribution in [0.3, 0.4) is 0 Å². The second kappa shape index (κ2) is 15.6. The van der Waals surface area contributed by atoms with E-state index in [4.69, 9.17) is 29.7 Å². The molecule has 10 nitrogen and oxygen atoms in total. The number of aromatic nitrogens is 1. The number of carboxylic acids is 3. The predicted octanol–water partition coefficient (Wildman–Crippen LogP) is 4.04. The van der Waals surface area contributed by atoms with Crippen LogP contribution < -0.4 is 4.90 Å². The van der Waals surface area contributed by atoms with Gasteiger partial charge in [0.1, 0.15) is 0 Å². The molecule has 3 fully saturated rings. The number of anilines is 1. The molecule has 42 heavy (non-hydrogen) atoms. The summed E-state index contributed by atoms with van der Waals surface area (Å²) in [7, 11) is 2.28. The highest BCUT2D eigenvalue weighted by Gasteiger charge is 2.45. The molecule has 0 aromatic carbocycles. The molecule has 3 atom stereocenters. The summed E-state index contributed by atoms with van der Waals surface area (Å²) in [6, 6.07) is 1.40. The molecule has 0 aliphatic carbocycles. The number of hydrogen-bond donors (Lipinski definition) is 3. The summed E-state index contributed by atoms with van der Waals surface area (Å²) in [6.07, 6.45) is -7.85. The Morgan fingerprint density at radius 2 is 1.33 bits per heavy atom. The monoisotopic (exact) mass is 648 g/mol. The Morgan fingerprint density at radius 1 is 0.881 bits per heavy atom. The lowest BCUT2D eigenvalue weighted by atomic mass is 9.92. The zero-order valence-corrected chi connectivity index (χ0v) is 22.7. The number of hydrogen-bond acceptors (Lipinski definition) is 8. The lowest BCUT2D eigenvalue weighted by molar-refractivity contribution is -0.193. The summed E-state index contributed by atoms with van der Waals surface area (Å²) in [5.74, 6) is -7.44. The molecule has 0 radical (unpaired) electrons. The van der Waals surface area contributed by atoms with E-state index >= 15 is 0 Å². The van der Waals surface area contributed by atoms with Crippen molar-refractivity contribution in [2.45, 2.75) is 56.3 Å². The highest BCUT2D eigenvalue weighted by Crippen LogP contribution is 2.40. The Balaban J connectivity index is 0.000000348. The van der Waals surface area contributed by atoms with E-state index in [1.165, 1.54) is 63.5 Å². The maximum atomic E-state index is 10.6. The number of nitrogens with zero attached hydrogens (tertiary/aromatic N) is 4. The molecule has 1 aromatic heterocycles. The lowest BCUT2D eigenvalue weighted by Gasteiger charge is -2.37. The van der Waals surface area contributed by atoms with E-state index in [1.54, 1.807) is 0 Å². The summed E-state index contributed by atoms with van der Waals surface area (Å²) in [5.41, 5.74) is 0. The van der Waals surface area contributed by atoms with Gasteiger partial charge in [-0.2, -0.15) is 39.5 Å². The van der Waals surface area contributed by atoms with Gasteiger partial charge < -0.3 is 30.0 Å². The normalized spacial score (nSPS) is 22.9. The molecule has 0 spiro atoms. The van der Waals surface area contributed by atoms with Crippen LogP contribution in [0.4, 0.5) is 44.6 Å². The van der Waals surface area contributed by atoms with Gasteiger partial charge in [-0.3, -0.25) is 0 Å². The Hall–Kier alpha value is -2.87. The van der Waals surface area contributed by atoms with Gasteiger partial charge in [0.2, 0.25) is 0 Å². The molecular weight excluding hydrogens is 619 g/mol. The van der Waals surface area contributed by atoms with Crippen molar-refractivity contribution < 1.29 is 69.2 Å². The number of rotatable bonds is 3. The van der Waals surface area contributed by atoms with Crippen LogP contribution in [-0.4, -0.2) is 118 Å². The number of halogens is 9. The first-order valence-electron chi connectivity index (χ1n) is 12.1. The summed E-state index contributed by atoms with van der Waals surface area (Å²) < 4.78 is 95.2. The maximum Gasteiger partial charge on any atom is 0.490 e. The van der Waals surface area contributed by atoms with E-state index in [-0.39, 0.29) is 0 Å². The first kappa shape index (κ1) is 37.2. The minimum atomic E-state index is -5.08. The van der Waals surface area contributed by atoms with Gasteiger partial charge in [-0.05, 0) is 58.3 Å². The second-order valence-corrected chi connectivity index (χ2v) is 10.3. The first-order chi connectivity index (χ1) is 19.1. The molecule has 3 aliphatic heterocycles. The summed E-state index contributed by atoms with van der Waals surface area (Å²) >= 11 is 1.82. The van der Waals surface area contributed by atoms with Crippen molar-refractivity contribution >= 4 is 34.4 Å². The number of thiazole rings is 1. The molecule has 3 aliphatic rings. The first-order valence-corrected chi connectivity index (χ1v) is 13.0. The van der Waals surface area contributed by atoms with E-state index < -0.39 is 36.4 Å². The van der Waals surface area contributed by atoms with Crippen molar-refractivity contribution in [3.05, 3.63) is 11.6 Å². The van der Waals surface area contributed by atoms with Gasteiger partial charge in [0, 0.05) is 36.8 Å². The number of carbonyl (C=O) groups is 3. The average molecular weight is 649 g/mol. The van der Waals surface area contributed by atoms with Crippen LogP contribution >= 0.6 is 11.3 Å². The second-order valence-electron chi connectivity index (χ2n) is 9.41. The zero-order valence-electron chi connectivity index (χ0n) is 21.9. The fourth-order valence-electron chi connectivity index (χ4n) is 4.60. The third-order valence-corrected chi connectivity index (χ3v) is 7.04. The van der Waals surface area contributed by atoms with Crippen LogP contribution in [0.15, 0.2) is 11.6 Å². The summed E-state index contributed by atoms with van der Waals surface area (Å²) in [6.45, 7) is 6.35. The minimum Gasteiger partial charge on any atom is -0.475 e. The third-order valence-electron chi connectivity index (χ3n) is 6.26. The average Bonchev–Trinajstić information content (AvgIpc) is 3.59. The highest BCUT2D eigenvalue weighted by atomic mass is 32.1. The lowest BCUT2D eigenvalue weighted by Crippen LogP contribution is -2.47. The predicted molar refractivity (Wildman–Crippen MR) is 129 cm³/mol. The number of likely N-dealkylation sites (tertiary alicyclic amines) is 2. The molecule has 4 rings (SSSR count). The van der Waals surface area contributed by atoms with Gasteiger partial charge in [0.25, 0.3) is 0 Å². The van der Waals surface area contributed by atoms with Crippen molar-refractivity contribution in [1.82, 2.24) is 14.8 Å². The van der Waals surface area contributed by atoms with Crippen molar-refractivity contribution in [2.75, 3.05) is 44.7 Å². The van der Waals surface area contributed by atoms with Gasteiger partial charge in [-0.25, -0.2) is 19.4 Å². The van der Waals surface area contributed by atoms with Gasteiger partial charge in [-0.15, -0.1) is 11.3 Å². The number of fused-ring (bicyclic) bond motifs is 1. The quantitative estimate of drug-likeness (QED) is 0.413. The molecule has 1 aromatic rings. The van der Waals surface area contributed by atoms with Crippen LogP contribution in [0.1, 0.15) is 25.7 Å². The van der Waals surface area contributed by atoms with Crippen molar-refractivity contribution in [1.29, 1.82) is 0 Å². The Bertz CT molecular complexity index is 945. The molecule has 4 heterocycles. The van der Waals surface area contributed by atoms with Crippen LogP contribution in [-0.2, 0) is 14.4 Å². The SMILES string of the molecule is CN1CC[C@H]2[C@H](C[C@@H](CN3CCCC3)N2c2nccs2)C1.O=C(O)C(F)(F)F.O=C(O)C(F)(F)F.O=C(O)C(F)(F)F. The molecule has 20 heteroatoms. The number of alkyl halides is 9. The van der Waals surface area contributed by atoms with Gasteiger partial charge in [-0.1, -0.05) is 0 Å². The fourth-order valence-corrected chi connectivity index (χ4v) is 5.37. The topological polar surface area (TPSA) is 135 Å². The maximum absolute atomic E-state index is 10.6. The van der Waals surface area contributed by atoms with Crippen LogP contribution in [0.25, 0.3) is 0 Å². The van der Waals surface area contributed by atoms with E-state index in [2.05, 4.69) is 32.1 Å². The number of piperidine rings is 1. The Kier molecular flexibility index (Phi) is 13.8. The Morgan fingerprint density at radius 3 is 1.71 bits per heavy atom. The fraction of sp³-hybridized carbons (Fsp3) is 0.727.